The van der Waals surface area contributed by atoms with E-state index in [4.69, 9.17) is 5.73 Å². The molecule has 1 atom stereocenters. The van der Waals surface area contributed by atoms with Gasteiger partial charge in [-0.05, 0) is 30.0 Å². The van der Waals surface area contributed by atoms with Crippen molar-refractivity contribution in [1.82, 2.24) is 5.32 Å². The van der Waals surface area contributed by atoms with Crippen LogP contribution < -0.4 is 11.1 Å². The van der Waals surface area contributed by atoms with Crippen LogP contribution >= 0.6 is 0 Å². The molecule has 0 aliphatic carbocycles. The van der Waals surface area contributed by atoms with Crippen molar-refractivity contribution in [2.45, 2.75) is 32.7 Å². The van der Waals surface area contributed by atoms with E-state index in [0.29, 0.717) is 18.0 Å². The summed E-state index contributed by atoms with van der Waals surface area (Å²) in [7, 11) is 0. The molecule has 0 spiro atoms. The molecule has 1 unspecified atom stereocenters. The summed E-state index contributed by atoms with van der Waals surface area (Å²) >= 11 is 0. The number of carbonyl (C=O) groups excluding carboxylic acids is 1. The quantitative estimate of drug-likeness (QED) is 0.812. The average molecular weight is 252 g/mol. The Labute approximate surface area is 108 Å². The summed E-state index contributed by atoms with van der Waals surface area (Å²) in [6.45, 7) is 4.59. The third kappa shape index (κ3) is 5.27. The molecular formula is C14H21FN2O. The van der Waals surface area contributed by atoms with Crippen LogP contribution in [0.5, 0.6) is 0 Å². The third-order valence-corrected chi connectivity index (χ3v) is 2.66. The summed E-state index contributed by atoms with van der Waals surface area (Å²) in [6.07, 6.45) is 1.04. The zero-order chi connectivity index (χ0) is 13.5. The fraction of sp³-hybridized carbons (Fsp3) is 0.500. The van der Waals surface area contributed by atoms with E-state index in [1.165, 1.54) is 12.1 Å². The van der Waals surface area contributed by atoms with Crippen molar-refractivity contribution in [3.8, 4) is 0 Å². The van der Waals surface area contributed by atoms with E-state index in [-0.39, 0.29) is 24.2 Å². The number of hydrogen-bond acceptors (Lipinski definition) is 2. The van der Waals surface area contributed by atoms with Crippen molar-refractivity contribution in [2.75, 3.05) is 6.54 Å². The molecule has 0 aliphatic heterocycles. The van der Waals surface area contributed by atoms with Gasteiger partial charge in [0, 0.05) is 12.6 Å². The van der Waals surface area contributed by atoms with Crippen molar-refractivity contribution >= 4 is 5.91 Å². The van der Waals surface area contributed by atoms with Gasteiger partial charge in [0.05, 0.1) is 6.42 Å². The first-order valence-electron chi connectivity index (χ1n) is 6.25. The minimum atomic E-state index is -0.321. The topological polar surface area (TPSA) is 55.1 Å². The van der Waals surface area contributed by atoms with Crippen molar-refractivity contribution in [2.24, 2.45) is 11.7 Å². The Hall–Kier alpha value is -1.42. The SMILES string of the molecule is CC(C)CC(CN)NC(=O)Cc1cccc(F)c1. The maximum atomic E-state index is 13.0. The van der Waals surface area contributed by atoms with Crippen LogP contribution in [0.3, 0.4) is 0 Å². The summed E-state index contributed by atoms with van der Waals surface area (Å²) in [4.78, 5) is 11.8. The lowest BCUT2D eigenvalue weighted by Crippen LogP contribution is -2.41. The maximum absolute atomic E-state index is 13.0. The smallest absolute Gasteiger partial charge is 0.224 e. The van der Waals surface area contributed by atoms with Gasteiger partial charge >= 0.3 is 0 Å². The molecular weight excluding hydrogens is 231 g/mol. The number of rotatable bonds is 6. The third-order valence-electron chi connectivity index (χ3n) is 2.66. The van der Waals surface area contributed by atoms with Crippen molar-refractivity contribution < 1.29 is 9.18 Å². The molecule has 1 amide bonds. The molecule has 1 rings (SSSR count). The summed E-state index contributed by atoms with van der Waals surface area (Å²) in [5.74, 6) is 0.0441. The maximum Gasteiger partial charge on any atom is 0.224 e. The highest BCUT2D eigenvalue weighted by Crippen LogP contribution is 2.06. The van der Waals surface area contributed by atoms with Gasteiger partial charge in [-0.25, -0.2) is 4.39 Å². The van der Waals surface area contributed by atoms with Crippen molar-refractivity contribution in [1.29, 1.82) is 0 Å². The fourth-order valence-corrected chi connectivity index (χ4v) is 1.89. The molecule has 3 nitrogen and oxygen atoms in total. The van der Waals surface area contributed by atoms with E-state index < -0.39 is 0 Å². The first-order chi connectivity index (χ1) is 8.51. The number of benzene rings is 1. The van der Waals surface area contributed by atoms with E-state index >= 15 is 0 Å². The molecule has 0 aliphatic rings. The van der Waals surface area contributed by atoms with E-state index in [9.17, 15) is 9.18 Å². The number of carbonyl (C=O) groups is 1. The van der Waals surface area contributed by atoms with Gasteiger partial charge in [-0.15, -0.1) is 0 Å². The number of nitrogens with two attached hydrogens (primary N) is 1. The summed E-state index contributed by atoms with van der Waals surface area (Å²) in [5.41, 5.74) is 6.29. The molecule has 0 aromatic heterocycles. The van der Waals surface area contributed by atoms with E-state index in [1.54, 1.807) is 12.1 Å². The zero-order valence-electron chi connectivity index (χ0n) is 10.9. The minimum Gasteiger partial charge on any atom is -0.352 e. The van der Waals surface area contributed by atoms with Crippen molar-refractivity contribution in [3.05, 3.63) is 35.6 Å². The molecule has 18 heavy (non-hydrogen) atoms. The van der Waals surface area contributed by atoms with Crippen LogP contribution in [0.2, 0.25) is 0 Å². The molecule has 3 N–H and O–H groups in total. The molecule has 0 fully saturated rings. The number of amides is 1. The molecule has 100 valence electrons. The summed E-state index contributed by atoms with van der Waals surface area (Å²) in [5, 5.41) is 2.88. The minimum absolute atomic E-state index is 0.00828. The highest BCUT2D eigenvalue weighted by Gasteiger charge is 2.12. The van der Waals surface area contributed by atoms with Crippen LogP contribution in [-0.4, -0.2) is 18.5 Å². The van der Waals surface area contributed by atoms with Gasteiger partial charge in [0.1, 0.15) is 5.82 Å². The normalized spacial score (nSPS) is 12.5. The zero-order valence-corrected chi connectivity index (χ0v) is 10.9. The Bertz CT molecular complexity index is 393. The van der Waals surface area contributed by atoms with Crippen LogP contribution in [0, 0.1) is 11.7 Å². The Morgan fingerprint density at radius 3 is 2.72 bits per heavy atom. The molecule has 1 aromatic carbocycles. The van der Waals surface area contributed by atoms with Crippen LogP contribution in [0.25, 0.3) is 0 Å². The van der Waals surface area contributed by atoms with Crippen LogP contribution in [0.4, 0.5) is 4.39 Å². The van der Waals surface area contributed by atoms with E-state index in [2.05, 4.69) is 19.2 Å². The second-order valence-electron chi connectivity index (χ2n) is 4.94. The predicted octanol–water partition coefficient (Wildman–Crippen LogP) is 1.86. The highest BCUT2D eigenvalue weighted by atomic mass is 19.1. The fourth-order valence-electron chi connectivity index (χ4n) is 1.89. The molecule has 0 radical (unpaired) electrons. The number of hydrogen-bond donors (Lipinski definition) is 2. The molecule has 0 saturated heterocycles. The monoisotopic (exact) mass is 252 g/mol. The van der Waals surface area contributed by atoms with Gasteiger partial charge in [-0.3, -0.25) is 4.79 Å². The standard InChI is InChI=1S/C14H21FN2O/c1-10(2)6-13(9-16)17-14(18)8-11-4-3-5-12(15)7-11/h3-5,7,10,13H,6,8-9,16H2,1-2H3,(H,17,18). The Balaban J connectivity index is 2.50. The van der Waals surface area contributed by atoms with Gasteiger partial charge in [-0.2, -0.15) is 0 Å². The number of nitrogens with one attached hydrogen (secondary N) is 1. The summed E-state index contributed by atoms with van der Waals surface area (Å²) in [6, 6.07) is 6.07. The Morgan fingerprint density at radius 1 is 1.44 bits per heavy atom. The average Bonchev–Trinajstić information content (AvgIpc) is 2.27. The summed E-state index contributed by atoms with van der Waals surface area (Å²) < 4.78 is 13.0. The Kier molecular flexibility index (Phi) is 5.78. The van der Waals surface area contributed by atoms with Crippen LogP contribution in [0.15, 0.2) is 24.3 Å². The largest absolute Gasteiger partial charge is 0.352 e. The van der Waals surface area contributed by atoms with Gasteiger partial charge in [0.25, 0.3) is 0 Å². The second-order valence-corrected chi connectivity index (χ2v) is 4.94. The Morgan fingerprint density at radius 2 is 2.17 bits per heavy atom. The molecule has 0 bridgehead atoms. The molecule has 4 heteroatoms. The highest BCUT2D eigenvalue weighted by molar-refractivity contribution is 5.78. The first-order valence-corrected chi connectivity index (χ1v) is 6.25. The predicted molar refractivity (Wildman–Crippen MR) is 70.5 cm³/mol. The molecule has 0 saturated carbocycles. The molecule has 1 aromatic rings. The van der Waals surface area contributed by atoms with E-state index in [0.717, 1.165) is 6.42 Å². The second kappa shape index (κ2) is 7.11. The lowest BCUT2D eigenvalue weighted by Gasteiger charge is -2.18. The first kappa shape index (κ1) is 14.6. The van der Waals surface area contributed by atoms with Gasteiger partial charge in [0.15, 0.2) is 0 Å². The van der Waals surface area contributed by atoms with E-state index in [1.807, 2.05) is 0 Å². The van der Waals surface area contributed by atoms with Crippen molar-refractivity contribution in [3.63, 3.8) is 0 Å². The van der Waals surface area contributed by atoms with Crippen LogP contribution in [-0.2, 0) is 11.2 Å². The van der Waals surface area contributed by atoms with Crippen LogP contribution in [0.1, 0.15) is 25.8 Å². The van der Waals surface area contributed by atoms with Gasteiger partial charge in [-0.1, -0.05) is 26.0 Å². The number of halogens is 1. The lowest BCUT2D eigenvalue weighted by molar-refractivity contribution is -0.121. The lowest BCUT2D eigenvalue weighted by atomic mass is 10.0. The van der Waals surface area contributed by atoms with Gasteiger partial charge < -0.3 is 11.1 Å². The molecule has 0 heterocycles. The van der Waals surface area contributed by atoms with Gasteiger partial charge in [0.2, 0.25) is 5.91 Å².